The van der Waals surface area contributed by atoms with Gasteiger partial charge >= 0.3 is 0 Å². The molecular formula is C21H24N4O. The van der Waals surface area contributed by atoms with Gasteiger partial charge in [0, 0.05) is 18.2 Å². The Balaban J connectivity index is 1.99. The zero-order valence-electron chi connectivity index (χ0n) is 15.4. The quantitative estimate of drug-likeness (QED) is 0.627. The smallest absolute Gasteiger partial charge is 0.163 e. The molecule has 0 aliphatic heterocycles. The third-order valence-corrected chi connectivity index (χ3v) is 3.93. The molecule has 0 amide bonds. The summed E-state index contributed by atoms with van der Waals surface area (Å²) < 4.78 is 5.46. The van der Waals surface area contributed by atoms with Crippen molar-refractivity contribution in [2.45, 2.75) is 20.3 Å². The summed E-state index contributed by atoms with van der Waals surface area (Å²) in [7, 11) is 1.67. The van der Waals surface area contributed by atoms with Gasteiger partial charge in [-0.2, -0.15) is 0 Å². The van der Waals surface area contributed by atoms with E-state index in [1.165, 1.54) is 0 Å². The first-order chi connectivity index (χ1) is 12.7. The zero-order valence-corrected chi connectivity index (χ0v) is 15.4. The molecule has 2 N–H and O–H groups in total. The van der Waals surface area contributed by atoms with Crippen LogP contribution >= 0.6 is 0 Å². The maximum absolute atomic E-state index is 5.46. The maximum atomic E-state index is 5.46. The number of aryl methyl sites for hydroxylation is 1. The molecule has 26 heavy (non-hydrogen) atoms. The van der Waals surface area contributed by atoms with Crippen LogP contribution in [0, 0.1) is 6.92 Å². The van der Waals surface area contributed by atoms with Crippen LogP contribution in [-0.4, -0.2) is 23.6 Å². The van der Waals surface area contributed by atoms with E-state index in [9.17, 15) is 0 Å². The Labute approximate surface area is 154 Å². The molecule has 0 atom stereocenters. The van der Waals surface area contributed by atoms with E-state index in [0.717, 1.165) is 47.2 Å². The fourth-order valence-corrected chi connectivity index (χ4v) is 2.63. The molecule has 2 aromatic carbocycles. The number of ether oxygens (including phenoxy) is 1. The van der Waals surface area contributed by atoms with Crippen LogP contribution in [-0.2, 0) is 0 Å². The van der Waals surface area contributed by atoms with Gasteiger partial charge in [0.1, 0.15) is 17.4 Å². The number of anilines is 3. The molecular weight excluding hydrogens is 324 g/mol. The monoisotopic (exact) mass is 348 g/mol. The molecule has 1 heterocycles. The van der Waals surface area contributed by atoms with Gasteiger partial charge in [-0.05, 0) is 31.0 Å². The van der Waals surface area contributed by atoms with Crippen molar-refractivity contribution in [3.63, 3.8) is 0 Å². The molecule has 0 aliphatic rings. The van der Waals surface area contributed by atoms with Gasteiger partial charge in [0.15, 0.2) is 5.82 Å². The number of hydrogen-bond acceptors (Lipinski definition) is 5. The van der Waals surface area contributed by atoms with Crippen molar-refractivity contribution < 1.29 is 4.74 Å². The number of methoxy groups -OCH3 is 1. The molecule has 0 radical (unpaired) electrons. The number of nitrogens with zero attached hydrogens (tertiary/aromatic N) is 2. The first-order valence-corrected chi connectivity index (χ1v) is 8.79. The summed E-state index contributed by atoms with van der Waals surface area (Å²) in [6.45, 7) is 5.04. The molecule has 0 unspecified atom stereocenters. The Morgan fingerprint density at radius 3 is 2.46 bits per heavy atom. The maximum Gasteiger partial charge on any atom is 0.163 e. The minimum Gasteiger partial charge on any atom is -0.495 e. The summed E-state index contributed by atoms with van der Waals surface area (Å²) in [4.78, 5) is 9.34. The van der Waals surface area contributed by atoms with Crippen LogP contribution in [0.1, 0.15) is 18.9 Å². The van der Waals surface area contributed by atoms with Gasteiger partial charge in [0.25, 0.3) is 0 Å². The van der Waals surface area contributed by atoms with Gasteiger partial charge < -0.3 is 15.4 Å². The van der Waals surface area contributed by atoms with E-state index < -0.39 is 0 Å². The highest BCUT2D eigenvalue weighted by molar-refractivity contribution is 5.69. The Morgan fingerprint density at radius 2 is 1.73 bits per heavy atom. The molecule has 3 aromatic rings. The van der Waals surface area contributed by atoms with Gasteiger partial charge in [-0.15, -0.1) is 0 Å². The van der Waals surface area contributed by atoms with E-state index in [0.29, 0.717) is 5.82 Å². The summed E-state index contributed by atoms with van der Waals surface area (Å²) >= 11 is 0. The van der Waals surface area contributed by atoms with Crippen LogP contribution in [0.15, 0.2) is 54.6 Å². The first-order valence-electron chi connectivity index (χ1n) is 8.79. The second-order valence-electron chi connectivity index (χ2n) is 6.08. The second-order valence-corrected chi connectivity index (χ2v) is 6.08. The first kappa shape index (κ1) is 17.7. The van der Waals surface area contributed by atoms with Crippen molar-refractivity contribution in [2.24, 2.45) is 0 Å². The third-order valence-electron chi connectivity index (χ3n) is 3.93. The van der Waals surface area contributed by atoms with Crippen molar-refractivity contribution in [2.75, 3.05) is 24.3 Å². The van der Waals surface area contributed by atoms with Crippen LogP contribution in [0.4, 0.5) is 17.3 Å². The van der Waals surface area contributed by atoms with Crippen molar-refractivity contribution in [1.29, 1.82) is 0 Å². The van der Waals surface area contributed by atoms with Crippen molar-refractivity contribution in [3.8, 4) is 17.1 Å². The van der Waals surface area contributed by atoms with Gasteiger partial charge in [-0.1, -0.05) is 43.3 Å². The highest BCUT2D eigenvalue weighted by Gasteiger charge is 2.09. The molecule has 0 spiro atoms. The lowest BCUT2D eigenvalue weighted by Gasteiger charge is -2.14. The van der Waals surface area contributed by atoms with Crippen LogP contribution in [0.25, 0.3) is 11.4 Å². The highest BCUT2D eigenvalue weighted by atomic mass is 16.5. The van der Waals surface area contributed by atoms with E-state index >= 15 is 0 Å². The number of benzene rings is 2. The van der Waals surface area contributed by atoms with Crippen molar-refractivity contribution in [1.82, 2.24) is 9.97 Å². The lowest BCUT2D eigenvalue weighted by atomic mass is 10.2. The summed E-state index contributed by atoms with van der Waals surface area (Å²) in [5.74, 6) is 2.98. The molecule has 0 fully saturated rings. The minimum absolute atomic E-state index is 0.681. The van der Waals surface area contributed by atoms with Gasteiger partial charge in [-0.25, -0.2) is 9.97 Å². The fraction of sp³-hybridized carbons (Fsp3) is 0.238. The number of nitrogens with one attached hydrogen (secondary N) is 2. The summed E-state index contributed by atoms with van der Waals surface area (Å²) in [5.41, 5.74) is 3.01. The standard InChI is InChI=1S/C21H24N4O/c1-4-12-22-19-14-20(23-17-13-15(2)10-11-18(17)26-3)25-21(24-19)16-8-6-5-7-9-16/h5-11,13-14H,4,12H2,1-3H3,(H2,22,23,24,25). The normalized spacial score (nSPS) is 10.4. The lowest BCUT2D eigenvalue weighted by Crippen LogP contribution is -2.06. The second kappa shape index (κ2) is 8.34. The number of hydrogen-bond donors (Lipinski definition) is 2. The molecule has 134 valence electrons. The van der Waals surface area contributed by atoms with E-state index in [4.69, 9.17) is 9.72 Å². The predicted molar refractivity (Wildman–Crippen MR) is 107 cm³/mol. The Morgan fingerprint density at radius 1 is 0.962 bits per heavy atom. The van der Waals surface area contributed by atoms with Crippen molar-refractivity contribution in [3.05, 3.63) is 60.2 Å². The van der Waals surface area contributed by atoms with Crippen LogP contribution < -0.4 is 15.4 Å². The number of aromatic nitrogens is 2. The lowest BCUT2D eigenvalue weighted by molar-refractivity contribution is 0.416. The molecule has 3 rings (SSSR count). The minimum atomic E-state index is 0.681. The molecule has 0 aliphatic carbocycles. The molecule has 1 aromatic heterocycles. The van der Waals surface area contributed by atoms with Crippen LogP contribution in [0.5, 0.6) is 5.75 Å². The summed E-state index contributed by atoms with van der Waals surface area (Å²) in [6.07, 6.45) is 1.03. The van der Waals surface area contributed by atoms with E-state index in [1.54, 1.807) is 7.11 Å². The predicted octanol–water partition coefficient (Wildman–Crippen LogP) is 5.03. The molecule has 0 saturated heterocycles. The van der Waals surface area contributed by atoms with E-state index in [1.807, 2.05) is 61.5 Å². The number of rotatable bonds is 7. The van der Waals surface area contributed by atoms with Gasteiger partial charge in [-0.3, -0.25) is 0 Å². The fourth-order valence-electron chi connectivity index (χ4n) is 2.63. The molecule has 5 heteroatoms. The summed E-state index contributed by atoms with van der Waals surface area (Å²) in [5, 5.41) is 6.72. The van der Waals surface area contributed by atoms with Gasteiger partial charge in [0.2, 0.25) is 0 Å². The van der Waals surface area contributed by atoms with Crippen LogP contribution in [0.3, 0.4) is 0 Å². The topological polar surface area (TPSA) is 59.1 Å². The zero-order chi connectivity index (χ0) is 18.4. The van der Waals surface area contributed by atoms with E-state index in [-0.39, 0.29) is 0 Å². The Hall–Kier alpha value is -3.08. The SMILES string of the molecule is CCCNc1cc(Nc2cc(C)ccc2OC)nc(-c2ccccc2)n1. The molecule has 0 bridgehead atoms. The average Bonchev–Trinajstić information content (AvgIpc) is 2.67. The van der Waals surface area contributed by atoms with E-state index in [2.05, 4.69) is 22.5 Å². The largest absolute Gasteiger partial charge is 0.495 e. The van der Waals surface area contributed by atoms with Crippen molar-refractivity contribution >= 4 is 17.3 Å². The Kier molecular flexibility index (Phi) is 5.69. The van der Waals surface area contributed by atoms with Gasteiger partial charge in [0.05, 0.1) is 12.8 Å². The Bertz CT molecular complexity index is 865. The average molecular weight is 348 g/mol. The highest BCUT2D eigenvalue weighted by Crippen LogP contribution is 2.29. The molecule has 5 nitrogen and oxygen atoms in total. The third kappa shape index (κ3) is 4.30. The van der Waals surface area contributed by atoms with Crippen LogP contribution in [0.2, 0.25) is 0 Å². The summed E-state index contributed by atoms with van der Waals surface area (Å²) in [6, 6.07) is 17.9. The molecule has 0 saturated carbocycles.